The Morgan fingerprint density at radius 2 is 2.17 bits per heavy atom. The van der Waals surface area contributed by atoms with Gasteiger partial charge in [0.25, 0.3) is 6.43 Å². The summed E-state index contributed by atoms with van der Waals surface area (Å²) in [5.41, 5.74) is 0.0570. The molecule has 2 aromatic rings. The number of hydrogen-bond donors (Lipinski definition) is 0. The highest BCUT2D eigenvalue weighted by Gasteiger charge is 2.28. The Bertz CT molecular complexity index is 731. The van der Waals surface area contributed by atoms with Crippen molar-refractivity contribution in [1.29, 1.82) is 0 Å². The van der Waals surface area contributed by atoms with E-state index in [9.17, 15) is 13.6 Å². The van der Waals surface area contributed by atoms with Gasteiger partial charge in [-0.25, -0.2) is 18.6 Å². The van der Waals surface area contributed by atoms with Gasteiger partial charge in [-0.05, 0) is 49.4 Å². The molecule has 0 spiro atoms. The summed E-state index contributed by atoms with van der Waals surface area (Å²) in [6.45, 7) is 4.19. The van der Waals surface area contributed by atoms with Crippen molar-refractivity contribution in [3.05, 3.63) is 22.2 Å². The number of carbonyl (C=O) groups is 1. The summed E-state index contributed by atoms with van der Waals surface area (Å²) in [5, 5.41) is 0. The summed E-state index contributed by atoms with van der Waals surface area (Å²) in [6, 6.07) is 1.44. The molecule has 0 aliphatic carbocycles. The molecule has 23 heavy (non-hydrogen) atoms. The average molecular weight is 433 g/mol. The van der Waals surface area contributed by atoms with Crippen molar-refractivity contribution < 1.29 is 18.3 Å². The van der Waals surface area contributed by atoms with E-state index >= 15 is 0 Å². The van der Waals surface area contributed by atoms with Crippen LogP contribution in [-0.4, -0.2) is 41.9 Å². The standard InChI is InChI=1S/C14H15BF2IN3O2/c1-14(2,3)23-13(22)20(7-10(16)17)9-4-8(15)6-21-11(18)5-19-12(9)21/h4-6,10H,7H2,1-3H3. The first-order valence-electron chi connectivity index (χ1n) is 6.79. The van der Waals surface area contributed by atoms with E-state index in [4.69, 9.17) is 12.6 Å². The third-order valence-electron chi connectivity index (χ3n) is 2.79. The number of ether oxygens (including phenoxy) is 1. The molecule has 9 heteroatoms. The molecule has 2 rings (SSSR count). The lowest BCUT2D eigenvalue weighted by Gasteiger charge is -2.27. The first kappa shape index (κ1) is 18.0. The monoisotopic (exact) mass is 433 g/mol. The van der Waals surface area contributed by atoms with Crippen LogP contribution >= 0.6 is 22.6 Å². The Balaban J connectivity index is 2.53. The van der Waals surface area contributed by atoms with E-state index < -0.39 is 24.7 Å². The fourth-order valence-corrected chi connectivity index (χ4v) is 2.49. The van der Waals surface area contributed by atoms with E-state index in [-0.39, 0.29) is 5.69 Å². The lowest BCUT2D eigenvalue weighted by molar-refractivity contribution is 0.0544. The molecule has 0 saturated heterocycles. The van der Waals surface area contributed by atoms with Crippen molar-refractivity contribution in [3.63, 3.8) is 0 Å². The van der Waals surface area contributed by atoms with Crippen LogP contribution in [0.4, 0.5) is 19.3 Å². The molecular formula is C14H15BF2IN3O2. The minimum atomic E-state index is -2.72. The number of fused-ring (bicyclic) bond motifs is 1. The van der Waals surface area contributed by atoms with Gasteiger partial charge in [0.2, 0.25) is 0 Å². The number of pyridine rings is 1. The van der Waals surface area contributed by atoms with Crippen molar-refractivity contribution in [1.82, 2.24) is 9.38 Å². The number of halogens is 3. The second kappa shape index (κ2) is 6.62. The SMILES string of the molecule is [B]c1cc(N(CC(F)F)C(=O)OC(C)(C)C)c2ncc(I)n2c1. The molecule has 122 valence electrons. The van der Waals surface area contributed by atoms with E-state index in [0.29, 0.717) is 11.1 Å². The van der Waals surface area contributed by atoms with E-state index in [1.807, 2.05) is 22.6 Å². The summed E-state index contributed by atoms with van der Waals surface area (Å²) >= 11 is 2.04. The van der Waals surface area contributed by atoms with Crippen LogP contribution in [0.2, 0.25) is 0 Å². The predicted octanol–water partition coefficient (Wildman–Crippen LogP) is 2.74. The second-order valence-corrected chi connectivity index (χ2v) is 7.02. The number of aromatic nitrogens is 2. The molecule has 0 unspecified atom stereocenters. The lowest BCUT2D eigenvalue weighted by atomic mass is 9.98. The largest absolute Gasteiger partial charge is 0.443 e. The molecule has 0 aliphatic rings. The smallest absolute Gasteiger partial charge is 0.415 e. The van der Waals surface area contributed by atoms with E-state index in [2.05, 4.69) is 4.98 Å². The normalized spacial score (nSPS) is 12.0. The first-order valence-corrected chi connectivity index (χ1v) is 7.87. The number of anilines is 1. The minimum absolute atomic E-state index is 0.183. The quantitative estimate of drug-likeness (QED) is 0.553. The molecule has 2 heterocycles. The second-order valence-electron chi connectivity index (χ2n) is 5.92. The van der Waals surface area contributed by atoms with Gasteiger partial charge in [-0.15, -0.1) is 0 Å². The summed E-state index contributed by atoms with van der Waals surface area (Å²) in [6.07, 6.45) is -0.418. The number of hydrogen-bond acceptors (Lipinski definition) is 3. The topological polar surface area (TPSA) is 46.8 Å². The van der Waals surface area contributed by atoms with Crippen LogP contribution in [0.1, 0.15) is 20.8 Å². The number of nitrogens with zero attached hydrogens (tertiary/aromatic N) is 3. The molecule has 0 fully saturated rings. The Kier molecular flexibility index (Phi) is 5.17. The zero-order valence-electron chi connectivity index (χ0n) is 12.9. The zero-order chi connectivity index (χ0) is 17.4. The molecule has 2 aromatic heterocycles. The predicted molar refractivity (Wildman–Crippen MR) is 92.9 cm³/mol. The van der Waals surface area contributed by atoms with Gasteiger partial charge in [0.05, 0.1) is 18.4 Å². The van der Waals surface area contributed by atoms with Gasteiger partial charge in [0.15, 0.2) is 5.65 Å². The number of imidazole rings is 1. The van der Waals surface area contributed by atoms with Crippen LogP contribution in [-0.2, 0) is 4.74 Å². The highest BCUT2D eigenvalue weighted by atomic mass is 127. The van der Waals surface area contributed by atoms with Crippen LogP contribution in [0.5, 0.6) is 0 Å². The van der Waals surface area contributed by atoms with Crippen LogP contribution in [0.25, 0.3) is 5.65 Å². The van der Waals surface area contributed by atoms with Crippen LogP contribution in [0.3, 0.4) is 0 Å². The van der Waals surface area contributed by atoms with Gasteiger partial charge in [-0.2, -0.15) is 0 Å². The molecule has 0 bridgehead atoms. The van der Waals surface area contributed by atoms with Crippen LogP contribution in [0.15, 0.2) is 18.5 Å². The molecule has 0 saturated carbocycles. The van der Waals surface area contributed by atoms with E-state index in [1.54, 1.807) is 37.6 Å². The minimum Gasteiger partial charge on any atom is -0.443 e. The summed E-state index contributed by atoms with van der Waals surface area (Å²) < 4.78 is 33.5. The highest BCUT2D eigenvalue weighted by Crippen LogP contribution is 2.24. The first-order chi connectivity index (χ1) is 10.6. The fraction of sp³-hybridized carbons (Fsp3) is 0.429. The Morgan fingerprint density at radius 3 is 2.74 bits per heavy atom. The maximum Gasteiger partial charge on any atom is 0.415 e. The van der Waals surface area contributed by atoms with Gasteiger partial charge in [-0.1, -0.05) is 5.46 Å². The summed E-state index contributed by atoms with van der Waals surface area (Å²) in [5.74, 6) is 0. The van der Waals surface area contributed by atoms with E-state index in [1.165, 1.54) is 6.07 Å². The van der Waals surface area contributed by atoms with Crippen molar-refractivity contribution in [2.45, 2.75) is 32.8 Å². The van der Waals surface area contributed by atoms with Crippen molar-refractivity contribution in [2.75, 3.05) is 11.4 Å². The fourth-order valence-electron chi connectivity index (χ4n) is 1.99. The van der Waals surface area contributed by atoms with Gasteiger partial charge in [0, 0.05) is 6.20 Å². The maximum absolute atomic E-state index is 13.0. The van der Waals surface area contributed by atoms with E-state index in [0.717, 1.165) is 8.60 Å². The number of alkyl halides is 2. The van der Waals surface area contributed by atoms with Crippen molar-refractivity contribution in [3.8, 4) is 0 Å². The summed E-state index contributed by atoms with van der Waals surface area (Å²) in [4.78, 5) is 17.4. The Morgan fingerprint density at radius 1 is 1.52 bits per heavy atom. The molecular weight excluding hydrogens is 418 g/mol. The van der Waals surface area contributed by atoms with Gasteiger partial charge >= 0.3 is 6.09 Å². The lowest BCUT2D eigenvalue weighted by Crippen LogP contribution is -2.40. The summed E-state index contributed by atoms with van der Waals surface area (Å²) in [7, 11) is 5.83. The van der Waals surface area contributed by atoms with Crippen LogP contribution < -0.4 is 10.4 Å². The van der Waals surface area contributed by atoms with Crippen molar-refractivity contribution in [2.24, 2.45) is 0 Å². The molecule has 0 N–H and O–H groups in total. The molecule has 0 atom stereocenters. The van der Waals surface area contributed by atoms with Crippen molar-refractivity contribution >= 4 is 53.3 Å². The molecule has 1 amide bonds. The molecule has 0 aromatic carbocycles. The van der Waals surface area contributed by atoms with Gasteiger partial charge < -0.3 is 4.74 Å². The average Bonchev–Trinajstić information content (AvgIpc) is 2.75. The highest BCUT2D eigenvalue weighted by molar-refractivity contribution is 14.1. The number of amides is 1. The maximum atomic E-state index is 13.0. The van der Waals surface area contributed by atoms with Gasteiger partial charge in [-0.3, -0.25) is 9.30 Å². The Hall–Kier alpha value is -1.39. The molecule has 0 aliphatic heterocycles. The Labute approximate surface area is 147 Å². The molecule has 5 nitrogen and oxygen atoms in total. The zero-order valence-corrected chi connectivity index (χ0v) is 15.0. The molecule has 2 radical (unpaired) electrons. The van der Waals surface area contributed by atoms with Gasteiger partial charge in [0.1, 0.15) is 17.1 Å². The third-order valence-corrected chi connectivity index (χ3v) is 3.59. The number of rotatable bonds is 3. The van der Waals surface area contributed by atoms with Crippen LogP contribution in [0, 0.1) is 3.70 Å². The number of carbonyl (C=O) groups excluding carboxylic acids is 1. The third kappa shape index (κ3) is 4.33.